The highest BCUT2D eigenvalue weighted by Crippen LogP contribution is 2.13. The topological polar surface area (TPSA) is 93.1 Å². The van der Waals surface area contributed by atoms with Gasteiger partial charge in [0.1, 0.15) is 12.2 Å². The van der Waals surface area contributed by atoms with Gasteiger partial charge >= 0.3 is 11.9 Å². The zero-order chi connectivity index (χ0) is 18.2. The Balaban J connectivity index is 2.62. The molecule has 1 amide bonds. The molecule has 1 rings (SSSR count). The lowest BCUT2D eigenvalue weighted by atomic mass is 10.1. The van der Waals surface area contributed by atoms with Gasteiger partial charge < -0.3 is 9.84 Å². The molecule has 0 saturated heterocycles. The fourth-order valence-electron chi connectivity index (χ4n) is 1.92. The summed E-state index contributed by atoms with van der Waals surface area (Å²) in [6.07, 6.45) is 0.0713. The minimum atomic E-state index is -1.27. The number of amides is 1. The van der Waals surface area contributed by atoms with Crippen molar-refractivity contribution in [3.63, 3.8) is 0 Å². The molecule has 0 aliphatic carbocycles. The number of carboxylic acid groups (broad SMARTS) is 1. The zero-order valence-electron chi connectivity index (χ0n) is 14.1. The number of carboxylic acids is 1. The Morgan fingerprint density at radius 1 is 1.25 bits per heavy atom. The third-order valence-electron chi connectivity index (χ3n) is 2.96. The van der Waals surface area contributed by atoms with Crippen LogP contribution in [0.1, 0.15) is 39.2 Å². The van der Waals surface area contributed by atoms with Crippen molar-refractivity contribution in [3.8, 4) is 0 Å². The maximum Gasteiger partial charge on any atom is 0.329 e. The number of hydrogen-bond donors (Lipinski definition) is 1. The van der Waals surface area contributed by atoms with Crippen LogP contribution in [0.15, 0.2) is 30.3 Å². The van der Waals surface area contributed by atoms with Crippen LogP contribution >= 0.6 is 0 Å². The Morgan fingerprint density at radius 2 is 1.88 bits per heavy atom. The molecular weight excluding hydrogens is 314 g/mol. The molecule has 7 nitrogen and oxygen atoms in total. The first kappa shape index (κ1) is 19.6. The highest BCUT2D eigenvalue weighted by atomic mass is 16.7. The van der Waals surface area contributed by atoms with E-state index in [2.05, 4.69) is 0 Å². The third-order valence-corrected chi connectivity index (χ3v) is 2.96. The molecule has 1 aromatic rings. The van der Waals surface area contributed by atoms with Crippen molar-refractivity contribution in [1.29, 1.82) is 0 Å². The van der Waals surface area contributed by atoms with Gasteiger partial charge in [-0.05, 0) is 32.8 Å². The molecule has 1 atom stereocenters. The minimum Gasteiger partial charge on any atom is -0.480 e. The summed E-state index contributed by atoms with van der Waals surface area (Å²) in [5.41, 5.74) is 0.143. The smallest absolute Gasteiger partial charge is 0.329 e. The molecule has 0 radical (unpaired) electrons. The maximum absolute atomic E-state index is 11.7. The molecule has 0 fully saturated rings. The number of hydroxylamine groups is 2. The number of benzene rings is 1. The van der Waals surface area contributed by atoms with Gasteiger partial charge in [-0.1, -0.05) is 30.3 Å². The van der Waals surface area contributed by atoms with Crippen LogP contribution in [0.5, 0.6) is 0 Å². The minimum absolute atomic E-state index is 0.0514. The van der Waals surface area contributed by atoms with E-state index in [1.165, 1.54) is 0 Å². The molecule has 7 heteroatoms. The van der Waals surface area contributed by atoms with Crippen LogP contribution < -0.4 is 0 Å². The van der Waals surface area contributed by atoms with E-state index in [1.807, 2.05) is 6.07 Å². The fraction of sp³-hybridized carbons (Fsp3) is 0.471. The lowest BCUT2D eigenvalue weighted by Gasteiger charge is -2.24. The van der Waals surface area contributed by atoms with Crippen LogP contribution in [-0.4, -0.2) is 40.2 Å². The number of hydrogen-bond acceptors (Lipinski definition) is 5. The number of rotatable bonds is 9. The molecule has 132 valence electrons. The molecule has 0 heterocycles. The Hall–Kier alpha value is -2.41. The van der Waals surface area contributed by atoms with Crippen molar-refractivity contribution in [2.45, 2.75) is 51.9 Å². The van der Waals surface area contributed by atoms with Gasteiger partial charge in [-0.25, -0.2) is 9.86 Å². The van der Waals surface area contributed by atoms with Crippen molar-refractivity contribution in [2.24, 2.45) is 0 Å². The zero-order valence-corrected chi connectivity index (χ0v) is 14.1. The number of nitrogens with zero attached hydrogens (tertiary/aromatic N) is 1. The van der Waals surface area contributed by atoms with Gasteiger partial charge in [0, 0.05) is 6.42 Å². The van der Waals surface area contributed by atoms with Gasteiger partial charge in [0.05, 0.1) is 0 Å². The summed E-state index contributed by atoms with van der Waals surface area (Å²) in [5, 5.41) is 10.0. The van der Waals surface area contributed by atoms with Crippen LogP contribution in [0.3, 0.4) is 0 Å². The van der Waals surface area contributed by atoms with Gasteiger partial charge in [-0.15, -0.1) is 0 Å². The third kappa shape index (κ3) is 7.23. The molecule has 0 aliphatic rings. The van der Waals surface area contributed by atoms with E-state index in [0.717, 1.165) is 10.6 Å². The quantitative estimate of drug-likeness (QED) is 0.422. The molecule has 1 N–H and O–H groups in total. The SMILES string of the molecule is CC(C)(C)OC(=O)CCC(C(=O)O)N(C=O)OCc1ccccc1. The van der Waals surface area contributed by atoms with Crippen molar-refractivity contribution >= 4 is 18.3 Å². The number of carbonyl (C=O) groups is 3. The van der Waals surface area contributed by atoms with Crippen LogP contribution in [0.4, 0.5) is 0 Å². The lowest BCUT2D eigenvalue weighted by molar-refractivity contribution is -0.202. The van der Waals surface area contributed by atoms with Crippen molar-refractivity contribution in [2.75, 3.05) is 0 Å². The summed E-state index contributed by atoms with van der Waals surface area (Å²) >= 11 is 0. The Morgan fingerprint density at radius 3 is 2.38 bits per heavy atom. The summed E-state index contributed by atoms with van der Waals surface area (Å²) in [6, 6.07) is 7.77. The maximum atomic E-state index is 11.7. The fourth-order valence-corrected chi connectivity index (χ4v) is 1.92. The molecule has 0 aromatic heterocycles. The first-order valence-corrected chi connectivity index (χ1v) is 7.58. The number of ether oxygens (including phenoxy) is 1. The van der Waals surface area contributed by atoms with Crippen LogP contribution in [0, 0.1) is 0 Å². The van der Waals surface area contributed by atoms with Crippen molar-refractivity contribution in [3.05, 3.63) is 35.9 Å². The standard InChI is InChI=1S/C17H23NO6/c1-17(2,3)24-15(20)10-9-14(16(21)22)18(12-19)23-11-13-7-5-4-6-8-13/h4-8,12,14H,9-11H2,1-3H3,(H,21,22). The summed E-state index contributed by atoms with van der Waals surface area (Å²) < 4.78 is 5.13. The first-order chi connectivity index (χ1) is 11.2. The van der Waals surface area contributed by atoms with E-state index in [-0.39, 0.29) is 19.4 Å². The Labute approximate surface area is 141 Å². The highest BCUT2D eigenvalue weighted by molar-refractivity contribution is 5.77. The summed E-state index contributed by atoms with van der Waals surface area (Å²) in [4.78, 5) is 39.5. The van der Waals surface area contributed by atoms with Gasteiger partial charge in [0.15, 0.2) is 6.04 Å². The summed E-state index contributed by atoms with van der Waals surface area (Å²) in [5.74, 6) is -1.78. The van der Waals surface area contributed by atoms with E-state index >= 15 is 0 Å². The monoisotopic (exact) mass is 337 g/mol. The number of esters is 1. The Kier molecular flexibility index (Phi) is 7.38. The number of carbonyl (C=O) groups excluding carboxylic acids is 2. The van der Waals surface area contributed by atoms with Gasteiger partial charge in [0.2, 0.25) is 6.41 Å². The molecule has 1 aromatic carbocycles. The molecule has 0 aliphatic heterocycles. The largest absolute Gasteiger partial charge is 0.480 e. The molecule has 0 saturated carbocycles. The predicted molar refractivity (Wildman–Crippen MR) is 85.6 cm³/mol. The highest BCUT2D eigenvalue weighted by Gasteiger charge is 2.27. The second kappa shape index (κ2) is 9.02. The lowest BCUT2D eigenvalue weighted by Crippen LogP contribution is -2.41. The molecule has 0 spiro atoms. The molecule has 24 heavy (non-hydrogen) atoms. The first-order valence-electron chi connectivity index (χ1n) is 7.58. The Bertz CT molecular complexity index is 552. The van der Waals surface area contributed by atoms with Crippen LogP contribution in [0.25, 0.3) is 0 Å². The average molecular weight is 337 g/mol. The van der Waals surface area contributed by atoms with Crippen LogP contribution in [0.2, 0.25) is 0 Å². The normalized spacial score (nSPS) is 12.3. The molecule has 1 unspecified atom stereocenters. The van der Waals surface area contributed by atoms with E-state index in [9.17, 15) is 19.5 Å². The van der Waals surface area contributed by atoms with Crippen LogP contribution in [-0.2, 0) is 30.6 Å². The molecule has 0 bridgehead atoms. The van der Waals surface area contributed by atoms with Gasteiger partial charge in [0.25, 0.3) is 0 Å². The van der Waals surface area contributed by atoms with Crippen molar-refractivity contribution in [1.82, 2.24) is 5.06 Å². The second-order valence-electron chi connectivity index (χ2n) is 6.20. The summed E-state index contributed by atoms with van der Waals surface area (Å²) in [7, 11) is 0. The summed E-state index contributed by atoms with van der Waals surface area (Å²) in [6.45, 7) is 5.22. The van der Waals surface area contributed by atoms with Crippen molar-refractivity contribution < 1.29 is 29.1 Å². The molecular formula is C17H23NO6. The second-order valence-corrected chi connectivity index (χ2v) is 6.20. The average Bonchev–Trinajstić information content (AvgIpc) is 2.49. The van der Waals surface area contributed by atoms with Gasteiger partial charge in [-0.2, -0.15) is 0 Å². The van der Waals surface area contributed by atoms with E-state index < -0.39 is 23.6 Å². The van der Waals surface area contributed by atoms with E-state index in [0.29, 0.717) is 6.41 Å². The predicted octanol–water partition coefficient (Wildman–Crippen LogP) is 2.15. The van der Waals surface area contributed by atoms with Gasteiger partial charge in [-0.3, -0.25) is 14.4 Å². The number of aliphatic carboxylic acids is 1. The van der Waals surface area contributed by atoms with E-state index in [4.69, 9.17) is 9.57 Å². The van der Waals surface area contributed by atoms with E-state index in [1.54, 1.807) is 45.0 Å².